The number of hydrogen-bond donors (Lipinski definition) is 3. The lowest BCUT2D eigenvalue weighted by molar-refractivity contribution is -0.116. The number of benzene rings is 1. The molecule has 0 fully saturated rings. The van der Waals surface area contributed by atoms with E-state index in [-0.39, 0.29) is 24.1 Å². The number of amides is 1. The molecule has 1 aromatic carbocycles. The molecule has 0 aliphatic carbocycles. The van der Waals surface area contributed by atoms with E-state index in [1.807, 2.05) is 0 Å². The fourth-order valence-electron chi connectivity index (χ4n) is 1.42. The van der Waals surface area contributed by atoms with Crippen LogP contribution in [-0.4, -0.2) is 23.0 Å². The van der Waals surface area contributed by atoms with E-state index in [2.05, 4.69) is 5.32 Å². The highest BCUT2D eigenvalue weighted by molar-refractivity contribution is 6.00. The minimum Gasteiger partial charge on any atom is -0.478 e. The van der Waals surface area contributed by atoms with Crippen LogP contribution in [0.5, 0.6) is 0 Å². The van der Waals surface area contributed by atoms with Gasteiger partial charge in [0.2, 0.25) is 5.91 Å². The Labute approximate surface area is 104 Å². The lowest BCUT2D eigenvalue weighted by Crippen LogP contribution is -2.20. The summed E-state index contributed by atoms with van der Waals surface area (Å²) in [6.07, 6.45) is 0.636. The molecular weight excluding hydrogens is 239 g/mol. The van der Waals surface area contributed by atoms with Crippen molar-refractivity contribution >= 4 is 17.6 Å². The summed E-state index contributed by atoms with van der Waals surface area (Å²) in [6.45, 7) is 1.76. The van der Waals surface area contributed by atoms with Gasteiger partial charge in [-0.1, -0.05) is 6.07 Å². The molecule has 0 aliphatic rings. The molecule has 18 heavy (non-hydrogen) atoms. The van der Waals surface area contributed by atoms with Crippen molar-refractivity contribution in [1.82, 2.24) is 0 Å². The largest absolute Gasteiger partial charge is 0.478 e. The van der Waals surface area contributed by atoms with Crippen LogP contribution in [0.3, 0.4) is 0 Å². The maximum absolute atomic E-state index is 13.3. The Kier molecular flexibility index (Phi) is 4.79. The van der Waals surface area contributed by atoms with E-state index in [9.17, 15) is 14.0 Å². The van der Waals surface area contributed by atoms with E-state index in [1.54, 1.807) is 6.92 Å². The minimum absolute atomic E-state index is 0.0443. The summed E-state index contributed by atoms with van der Waals surface area (Å²) in [4.78, 5) is 22.4. The van der Waals surface area contributed by atoms with E-state index in [0.717, 1.165) is 6.07 Å². The average molecular weight is 254 g/mol. The van der Waals surface area contributed by atoms with Gasteiger partial charge >= 0.3 is 5.97 Å². The van der Waals surface area contributed by atoms with Crippen molar-refractivity contribution in [3.63, 3.8) is 0 Å². The number of carboxylic acid groups (broad SMARTS) is 1. The standard InChI is InChI=1S/C12H15FN2O3/c1-7(14)5-6-10(16)15-9-4-2-3-8(13)11(9)12(17)18/h2-4,7H,5-6,14H2,1H3,(H,15,16)(H,17,18). The minimum atomic E-state index is -1.42. The van der Waals surface area contributed by atoms with Crippen LogP contribution in [0.2, 0.25) is 0 Å². The summed E-state index contributed by atoms with van der Waals surface area (Å²) in [6, 6.07) is 3.59. The first-order chi connectivity index (χ1) is 8.41. The number of rotatable bonds is 5. The Balaban J connectivity index is 2.81. The van der Waals surface area contributed by atoms with Crippen LogP contribution in [0.15, 0.2) is 18.2 Å². The van der Waals surface area contributed by atoms with E-state index in [1.165, 1.54) is 12.1 Å². The van der Waals surface area contributed by atoms with E-state index < -0.39 is 17.3 Å². The van der Waals surface area contributed by atoms with E-state index in [0.29, 0.717) is 6.42 Å². The number of carbonyl (C=O) groups is 2. The van der Waals surface area contributed by atoms with Crippen LogP contribution in [-0.2, 0) is 4.79 Å². The van der Waals surface area contributed by atoms with Crippen LogP contribution in [0, 0.1) is 5.82 Å². The second-order valence-electron chi connectivity index (χ2n) is 4.03. The molecule has 0 spiro atoms. The molecule has 1 aromatic rings. The highest BCUT2D eigenvalue weighted by Gasteiger charge is 2.17. The van der Waals surface area contributed by atoms with Crippen LogP contribution >= 0.6 is 0 Å². The molecule has 0 aromatic heterocycles. The molecule has 0 bridgehead atoms. The summed E-state index contributed by atoms with van der Waals surface area (Å²) in [5.41, 5.74) is 4.92. The third-order valence-corrected chi connectivity index (χ3v) is 2.33. The van der Waals surface area contributed by atoms with Crippen molar-refractivity contribution in [2.24, 2.45) is 5.73 Å². The van der Waals surface area contributed by atoms with Crippen LogP contribution in [0.4, 0.5) is 10.1 Å². The summed E-state index contributed by atoms with van der Waals surface area (Å²) in [5, 5.41) is 11.2. The molecule has 0 heterocycles. The second kappa shape index (κ2) is 6.11. The van der Waals surface area contributed by atoms with Crippen molar-refractivity contribution < 1.29 is 19.1 Å². The first-order valence-corrected chi connectivity index (χ1v) is 5.49. The Hall–Kier alpha value is -1.95. The van der Waals surface area contributed by atoms with Crippen molar-refractivity contribution in [2.45, 2.75) is 25.8 Å². The summed E-state index contributed by atoms with van der Waals surface area (Å²) in [5.74, 6) is -2.69. The number of hydrogen-bond acceptors (Lipinski definition) is 3. The molecule has 6 heteroatoms. The molecule has 0 aliphatic heterocycles. The van der Waals surface area contributed by atoms with Gasteiger partial charge < -0.3 is 16.2 Å². The Morgan fingerprint density at radius 1 is 1.50 bits per heavy atom. The van der Waals surface area contributed by atoms with Crippen molar-refractivity contribution in [3.05, 3.63) is 29.6 Å². The molecule has 5 nitrogen and oxygen atoms in total. The van der Waals surface area contributed by atoms with Gasteiger partial charge in [0.25, 0.3) is 0 Å². The van der Waals surface area contributed by atoms with Gasteiger partial charge in [0.1, 0.15) is 11.4 Å². The number of aromatic carboxylic acids is 1. The smallest absolute Gasteiger partial charge is 0.340 e. The molecule has 0 radical (unpaired) electrons. The Morgan fingerprint density at radius 3 is 2.72 bits per heavy atom. The zero-order chi connectivity index (χ0) is 13.7. The van der Waals surface area contributed by atoms with Crippen LogP contribution < -0.4 is 11.1 Å². The fraction of sp³-hybridized carbons (Fsp3) is 0.333. The molecule has 0 saturated heterocycles. The number of halogens is 1. The van der Waals surface area contributed by atoms with E-state index >= 15 is 0 Å². The maximum atomic E-state index is 13.3. The molecule has 4 N–H and O–H groups in total. The molecular formula is C12H15FN2O3. The number of carboxylic acids is 1. The lowest BCUT2D eigenvalue weighted by atomic mass is 10.1. The van der Waals surface area contributed by atoms with Gasteiger partial charge in [-0.3, -0.25) is 4.79 Å². The van der Waals surface area contributed by atoms with Gasteiger partial charge in [0.05, 0.1) is 5.69 Å². The van der Waals surface area contributed by atoms with Gasteiger partial charge in [-0.15, -0.1) is 0 Å². The molecule has 0 saturated carbocycles. The predicted octanol–water partition coefficient (Wildman–Crippen LogP) is 1.59. The van der Waals surface area contributed by atoms with Crippen LogP contribution in [0.1, 0.15) is 30.1 Å². The topological polar surface area (TPSA) is 92.4 Å². The van der Waals surface area contributed by atoms with Gasteiger partial charge in [-0.05, 0) is 25.5 Å². The molecule has 1 unspecified atom stereocenters. The molecule has 1 amide bonds. The van der Waals surface area contributed by atoms with E-state index in [4.69, 9.17) is 10.8 Å². The third-order valence-electron chi connectivity index (χ3n) is 2.33. The number of anilines is 1. The zero-order valence-electron chi connectivity index (χ0n) is 9.94. The molecule has 1 rings (SSSR count). The second-order valence-corrected chi connectivity index (χ2v) is 4.03. The third kappa shape index (κ3) is 3.81. The van der Waals surface area contributed by atoms with Crippen molar-refractivity contribution in [3.8, 4) is 0 Å². The first-order valence-electron chi connectivity index (χ1n) is 5.49. The predicted molar refractivity (Wildman–Crippen MR) is 64.9 cm³/mol. The quantitative estimate of drug-likeness (QED) is 0.744. The van der Waals surface area contributed by atoms with Crippen LogP contribution in [0.25, 0.3) is 0 Å². The number of carbonyl (C=O) groups excluding carboxylic acids is 1. The highest BCUT2D eigenvalue weighted by Crippen LogP contribution is 2.19. The Morgan fingerprint density at radius 2 is 2.17 bits per heavy atom. The van der Waals surface area contributed by atoms with Gasteiger partial charge in [-0.2, -0.15) is 0 Å². The normalized spacial score (nSPS) is 11.9. The summed E-state index contributed by atoms with van der Waals surface area (Å²) >= 11 is 0. The summed E-state index contributed by atoms with van der Waals surface area (Å²) < 4.78 is 13.3. The van der Waals surface area contributed by atoms with Gasteiger partial charge in [0.15, 0.2) is 0 Å². The summed E-state index contributed by atoms with van der Waals surface area (Å²) in [7, 11) is 0. The SMILES string of the molecule is CC(N)CCC(=O)Nc1cccc(F)c1C(=O)O. The monoisotopic (exact) mass is 254 g/mol. The zero-order valence-corrected chi connectivity index (χ0v) is 9.94. The number of nitrogens with one attached hydrogen (secondary N) is 1. The molecule has 1 atom stereocenters. The fourth-order valence-corrected chi connectivity index (χ4v) is 1.42. The molecule has 98 valence electrons. The first kappa shape index (κ1) is 14.1. The van der Waals surface area contributed by atoms with Crippen molar-refractivity contribution in [2.75, 3.05) is 5.32 Å². The van der Waals surface area contributed by atoms with Gasteiger partial charge in [-0.25, -0.2) is 9.18 Å². The maximum Gasteiger partial charge on any atom is 0.340 e. The van der Waals surface area contributed by atoms with Gasteiger partial charge in [0, 0.05) is 12.5 Å². The van der Waals surface area contributed by atoms with Crippen molar-refractivity contribution in [1.29, 1.82) is 0 Å². The number of nitrogens with two attached hydrogens (primary N) is 1. The lowest BCUT2D eigenvalue weighted by Gasteiger charge is -2.09. The average Bonchev–Trinajstić information content (AvgIpc) is 2.26. The highest BCUT2D eigenvalue weighted by atomic mass is 19.1. The Bertz CT molecular complexity index is 461.